The summed E-state index contributed by atoms with van der Waals surface area (Å²) in [5.41, 5.74) is 3.64. The molecule has 188 valence electrons. The molecule has 0 bridgehead atoms. The van der Waals surface area contributed by atoms with E-state index in [4.69, 9.17) is 8.83 Å². The third-order valence-electron chi connectivity index (χ3n) is 7.07. The predicted molar refractivity (Wildman–Crippen MR) is 144 cm³/mol. The van der Waals surface area contributed by atoms with Gasteiger partial charge in [-0.05, 0) is 64.7 Å². The average Bonchev–Trinajstić information content (AvgIpc) is 3.48. The largest absolute Gasteiger partial charge is 0.464 e. The Morgan fingerprint density at radius 3 is 1.58 bits per heavy atom. The molecule has 2 nitrogen and oxygen atoms in total. The first kappa shape index (κ1) is 29.2. The number of hydrogen-bond acceptors (Lipinski definition) is 2. The van der Waals surface area contributed by atoms with Crippen molar-refractivity contribution in [2.24, 2.45) is 5.92 Å². The van der Waals surface area contributed by atoms with E-state index in [1.54, 1.807) is 0 Å². The van der Waals surface area contributed by atoms with Crippen LogP contribution in [0.1, 0.15) is 99.8 Å². The van der Waals surface area contributed by atoms with E-state index in [2.05, 4.69) is 60.6 Å². The third-order valence-corrected chi connectivity index (χ3v) is 13.9. The Balaban J connectivity index is 0.000000568. The van der Waals surface area contributed by atoms with E-state index in [1.165, 1.54) is 51.4 Å². The van der Waals surface area contributed by atoms with E-state index in [-0.39, 0.29) is 25.0 Å². The average molecular weight is 532 g/mol. The van der Waals surface area contributed by atoms with E-state index < -0.39 is 7.92 Å². The molecule has 33 heavy (non-hydrogen) atoms. The van der Waals surface area contributed by atoms with Gasteiger partial charge >= 0.3 is 0 Å². The monoisotopic (exact) mass is 532 g/mol. The summed E-state index contributed by atoms with van der Waals surface area (Å²) < 4.78 is 11.9. The van der Waals surface area contributed by atoms with Crippen molar-refractivity contribution in [2.45, 2.75) is 121 Å². The normalized spacial score (nSPS) is 22.2. The molecule has 0 radical (unpaired) electrons. The zero-order chi connectivity index (χ0) is 23.4. The summed E-state index contributed by atoms with van der Waals surface area (Å²) in [6.45, 7) is 17.2. The van der Waals surface area contributed by atoms with Crippen molar-refractivity contribution >= 4 is 26.8 Å². The summed E-state index contributed by atoms with van der Waals surface area (Å²) in [6.07, 6.45) is 15.1. The molecule has 2 aliphatic rings. The fourth-order valence-corrected chi connectivity index (χ4v) is 14.7. The van der Waals surface area contributed by atoms with Crippen LogP contribution in [0.3, 0.4) is 0 Å². The van der Waals surface area contributed by atoms with Crippen LogP contribution >= 0.6 is 15.8 Å². The Morgan fingerprint density at radius 2 is 1.21 bits per heavy atom. The SMILES string of the molecule is C1CCCC1.C[C@@H](C1CCCC1P(c1ccco1)c1ccco1)P(C(C)(C)C)C(C)(C)C.[Fe]. The van der Waals surface area contributed by atoms with Crippen molar-refractivity contribution in [3.8, 4) is 0 Å². The molecular weight excluding hydrogens is 486 g/mol. The summed E-state index contributed by atoms with van der Waals surface area (Å²) in [5.74, 6) is 0.746. The molecule has 0 aromatic carbocycles. The van der Waals surface area contributed by atoms with Crippen LogP contribution in [-0.2, 0) is 17.1 Å². The smallest absolute Gasteiger partial charge is 0.133 e. The molecule has 4 rings (SSSR count). The third kappa shape index (κ3) is 7.71. The summed E-state index contributed by atoms with van der Waals surface area (Å²) in [7, 11) is -0.701. The molecule has 2 aromatic heterocycles. The minimum absolute atomic E-state index is 0. The number of hydrogen-bond donors (Lipinski definition) is 0. The van der Waals surface area contributed by atoms with Crippen LogP contribution in [-0.4, -0.2) is 21.6 Å². The summed E-state index contributed by atoms with van der Waals surface area (Å²) in [5, 5.41) is 0.719. The minimum Gasteiger partial charge on any atom is -0.464 e. The minimum atomic E-state index is -0.569. The van der Waals surface area contributed by atoms with Gasteiger partial charge in [0.25, 0.3) is 0 Å². The first-order valence-corrected chi connectivity index (χ1v) is 15.6. The maximum absolute atomic E-state index is 5.93. The van der Waals surface area contributed by atoms with Gasteiger partial charge in [-0.25, -0.2) is 0 Å². The first-order valence-electron chi connectivity index (χ1n) is 12.8. The fraction of sp³-hybridized carbons (Fsp3) is 0.714. The predicted octanol–water partition coefficient (Wildman–Crippen LogP) is 8.89. The second-order valence-electron chi connectivity index (χ2n) is 11.7. The van der Waals surface area contributed by atoms with E-state index >= 15 is 0 Å². The van der Waals surface area contributed by atoms with Gasteiger partial charge in [0.05, 0.1) is 12.5 Å². The first-order chi connectivity index (χ1) is 15.1. The van der Waals surface area contributed by atoms with Gasteiger partial charge < -0.3 is 8.83 Å². The summed E-state index contributed by atoms with van der Waals surface area (Å²) in [4.78, 5) is 0. The number of rotatable bonds is 5. The van der Waals surface area contributed by atoms with Gasteiger partial charge in [-0.15, -0.1) is 0 Å². The van der Waals surface area contributed by atoms with Crippen LogP contribution in [0.2, 0.25) is 0 Å². The van der Waals surface area contributed by atoms with Crippen molar-refractivity contribution in [2.75, 3.05) is 0 Å². The van der Waals surface area contributed by atoms with E-state index in [1.807, 2.05) is 24.7 Å². The van der Waals surface area contributed by atoms with E-state index in [0.29, 0.717) is 16.0 Å². The van der Waals surface area contributed by atoms with Crippen molar-refractivity contribution in [3.63, 3.8) is 0 Å². The molecule has 2 fully saturated rings. The molecule has 2 aromatic rings. The Morgan fingerprint density at radius 1 is 0.758 bits per heavy atom. The zero-order valence-electron chi connectivity index (χ0n) is 21.9. The fourth-order valence-electron chi connectivity index (χ4n) is 6.41. The van der Waals surface area contributed by atoms with Gasteiger partial charge in [0.15, 0.2) is 0 Å². The Hall–Kier alpha value is -0.0605. The van der Waals surface area contributed by atoms with E-state index in [9.17, 15) is 0 Å². The maximum Gasteiger partial charge on any atom is 0.133 e. The van der Waals surface area contributed by atoms with Crippen LogP contribution in [0, 0.1) is 5.92 Å². The van der Waals surface area contributed by atoms with Gasteiger partial charge in [-0.3, -0.25) is 0 Å². The number of furan rings is 2. The van der Waals surface area contributed by atoms with Crippen molar-refractivity contribution in [1.82, 2.24) is 0 Å². The van der Waals surface area contributed by atoms with Gasteiger partial charge in [-0.2, -0.15) is 0 Å². The van der Waals surface area contributed by atoms with Gasteiger partial charge in [0.1, 0.15) is 11.0 Å². The van der Waals surface area contributed by atoms with Crippen LogP contribution in [0.25, 0.3) is 0 Å². The second-order valence-corrected chi connectivity index (χ2v) is 18.2. The topological polar surface area (TPSA) is 26.3 Å². The zero-order valence-corrected chi connectivity index (χ0v) is 24.8. The molecule has 2 heterocycles. The van der Waals surface area contributed by atoms with E-state index in [0.717, 1.165) is 22.6 Å². The van der Waals surface area contributed by atoms with Crippen molar-refractivity contribution in [3.05, 3.63) is 36.8 Å². The van der Waals surface area contributed by atoms with Crippen LogP contribution < -0.4 is 11.0 Å². The molecule has 0 amide bonds. The summed E-state index contributed by atoms with van der Waals surface area (Å²) >= 11 is 0. The molecule has 5 heteroatoms. The Labute approximate surface area is 216 Å². The standard InChI is InChI=1S/C23H36O2P2.C5H10.Fe/c1-17(27(22(2,3)4)23(5,6)7)18-11-8-12-19(18)26(20-13-9-15-24-20)21-14-10-16-25-21;1-2-4-5-3-1;/h9-10,13-19H,8,11-12H2,1-7H3;1-5H2;/t17-,18?,19?;;/m0../s1. The second kappa shape index (κ2) is 12.8. The molecular formula is C28H46FeO2P2. The van der Waals surface area contributed by atoms with Crippen molar-refractivity contribution < 1.29 is 25.9 Å². The van der Waals surface area contributed by atoms with Crippen LogP contribution in [0.15, 0.2) is 45.6 Å². The molecule has 0 saturated heterocycles. The summed E-state index contributed by atoms with van der Waals surface area (Å²) in [6, 6.07) is 8.37. The van der Waals surface area contributed by atoms with Crippen molar-refractivity contribution in [1.29, 1.82) is 0 Å². The van der Waals surface area contributed by atoms with Crippen LogP contribution in [0.5, 0.6) is 0 Å². The van der Waals surface area contributed by atoms with Gasteiger partial charge in [0.2, 0.25) is 0 Å². The molecule has 3 atom stereocenters. The van der Waals surface area contributed by atoms with Gasteiger partial charge in [0, 0.05) is 25.0 Å². The van der Waals surface area contributed by atoms with Crippen LogP contribution in [0.4, 0.5) is 0 Å². The quantitative estimate of drug-likeness (QED) is 0.284. The molecule has 2 aliphatic carbocycles. The Kier molecular flexibility index (Phi) is 11.3. The molecule has 0 spiro atoms. The van der Waals surface area contributed by atoms with Gasteiger partial charge in [-0.1, -0.05) is 94.9 Å². The molecule has 2 saturated carbocycles. The molecule has 2 unspecified atom stereocenters. The maximum atomic E-state index is 5.93. The molecule has 0 aliphatic heterocycles. The molecule has 0 N–H and O–H groups in total. The Bertz CT molecular complexity index is 714.